The first-order valence-corrected chi connectivity index (χ1v) is 6.42. The van der Waals surface area contributed by atoms with Crippen LogP contribution in [0.15, 0.2) is 30.6 Å². The van der Waals surface area contributed by atoms with E-state index in [0.29, 0.717) is 14.5 Å². The van der Waals surface area contributed by atoms with Crippen molar-refractivity contribution in [2.24, 2.45) is 0 Å². The Morgan fingerprint density at radius 3 is 2.89 bits per heavy atom. The maximum absolute atomic E-state index is 13.5. The molecule has 0 amide bonds. The third-order valence-electron chi connectivity index (χ3n) is 2.42. The number of halogens is 3. The van der Waals surface area contributed by atoms with Crippen LogP contribution in [0.2, 0.25) is 5.15 Å². The van der Waals surface area contributed by atoms with Gasteiger partial charge in [-0.25, -0.2) is 9.67 Å². The Kier molecular flexibility index (Phi) is 2.90. The smallest absolute Gasteiger partial charge is 0.228 e. The number of fused-ring (bicyclic) bond motifs is 1. The van der Waals surface area contributed by atoms with Crippen LogP contribution in [0.4, 0.5) is 4.39 Å². The highest BCUT2D eigenvalue weighted by Gasteiger charge is 2.09. The average molecular weight is 375 g/mol. The molecule has 90 valence electrons. The Bertz CT molecular complexity index is 743. The normalized spacial score (nSPS) is 11.1. The fourth-order valence-electron chi connectivity index (χ4n) is 1.60. The van der Waals surface area contributed by atoms with Crippen molar-refractivity contribution in [2.75, 3.05) is 0 Å². The topological polar surface area (TPSA) is 43.6 Å². The molecule has 0 aliphatic rings. The van der Waals surface area contributed by atoms with Crippen molar-refractivity contribution in [3.05, 3.63) is 45.3 Å². The minimum atomic E-state index is -0.517. The second kappa shape index (κ2) is 4.43. The van der Waals surface area contributed by atoms with E-state index in [4.69, 9.17) is 11.6 Å². The number of hydrogen-bond donors (Lipinski definition) is 0. The molecular formula is C11H5ClFIN4. The fourth-order valence-corrected chi connectivity index (χ4v) is 2.06. The molecule has 0 saturated heterocycles. The molecule has 0 unspecified atom stereocenters. The van der Waals surface area contributed by atoms with Crippen LogP contribution in [0, 0.1) is 9.52 Å². The number of hydrogen-bond acceptors (Lipinski definition) is 3. The molecule has 4 nitrogen and oxygen atoms in total. The van der Waals surface area contributed by atoms with Gasteiger partial charge in [0.15, 0.2) is 5.82 Å². The lowest BCUT2D eigenvalue weighted by molar-refractivity contribution is 0.571. The van der Waals surface area contributed by atoms with Gasteiger partial charge < -0.3 is 0 Å². The molecule has 0 spiro atoms. The van der Waals surface area contributed by atoms with Crippen LogP contribution in [-0.4, -0.2) is 19.7 Å². The van der Waals surface area contributed by atoms with Crippen molar-refractivity contribution in [2.45, 2.75) is 0 Å². The number of rotatable bonds is 1. The zero-order chi connectivity index (χ0) is 12.7. The summed E-state index contributed by atoms with van der Waals surface area (Å²) in [6.07, 6.45) is 3.25. The average Bonchev–Trinajstić information content (AvgIpc) is 2.75. The number of nitrogens with zero attached hydrogens (tertiary/aromatic N) is 4. The zero-order valence-electron chi connectivity index (χ0n) is 8.81. The van der Waals surface area contributed by atoms with E-state index in [0.717, 1.165) is 10.9 Å². The Labute approximate surface area is 120 Å². The first kappa shape index (κ1) is 11.8. The highest BCUT2D eigenvalue weighted by molar-refractivity contribution is 14.1. The van der Waals surface area contributed by atoms with Gasteiger partial charge in [0, 0.05) is 17.6 Å². The van der Waals surface area contributed by atoms with Gasteiger partial charge in [-0.1, -0.05) is 11.6 Å². The van der Waals surface area contributed by atoms with Crippen LogP contribution in [0.25, 0.3) is 16.7 Å². The predicted octanol–water partition coefficient (Wildman–Crippen LogP) is 3.21. The van der Waals surface area contributed by atoms with Crippen LogP contribution in [0.3, 0.4) is 0 Å². The Morgan fingerprint density at radius 2 is 2.11 bits per heavy atom. The molecule has 0 fully saturated rings. The Hall–Kier alpha value is -1.28. The van der Waals surface area contributed by atoms with E-state index in [9.17, 15) is 4.39 Å². The molecule has 7 heteroatoms. The van der Waals surface area contributed by atoms with Crippen LogP contribution in [0.5, 0.6) is 0 Å². The molecule has 3 aromatic heterocycles. The summed E-state index contributed by atoms with van der Waals surface area (Å²) in [5.74, 6) is -0.109. The molecule has 3 rings (SSSR count). The highest BCUT2D eigenvalue weighted by Crippen LogP contribution is 2.20. The van der Waals surface area contributed by atoms with Crippen LogP contribution in [0.1, 0.15) is 0 Å². The van der Waals surface area contributed by atoms with Crippen molar-refractivity contribution < 1.29 is 4.39 Å². The summed E-state index contributed by atoms with van der Waals surface area (Å²) in [4.78, 5) is 7.82. The second-order valence-electron chi connectivity index (χ2n) is 3.56. The highest BCUT2D eigenvalue weighted by atomic mass is 127. The third-order valence-corrected chi connectivity index (χ3v) is 3.44. The number of pyridine rings is 2. The summed E-state index contributed by atoms with van der Waals surface area (Å²) in [6.45, 7) is 0. The van der Waals surface area contributed by atoms with Crippen molar-refractivity contribution in [1.82, 2.24) is 19.7 Å². The summed E-state index contributed by atoms with van der Waals surface area (Å²) >= 11 is 7.73. The van der Waals surface area contributed by atoms with Crippen molar-refractivity contribution >= 4 is 45.1 Å². The van der Waals surface area contributed by atoms with E-state index in [1.807, 2.05) is 22.6 Å². The second-order valence-corrected chi connectivity index (χ2v) is 5.11. The van der Waals surface area contributed by atoms with Gasteiger partial charge in [-0.3, -0.25) is 0 Å². The van der Waals surface area contributed by atoms with Crippen molar-refractivity contribution in [3.63, 3.8) is 0 Å². The van der Waals surface area contributed by atoms with Crippen molar-refractivity contribution in [1.29, 1.82) is 0 Å². The maximum Gasteiger partial charge on any atom is 0.228 e. The lowest BCUT2D eigenvalue weighted by Crippen LogP contribution is -2.02. The SMILES string of the molecule is Fc1nc(-n2ncc3cnc(Cl)cc32)ccc1I. The van der Waals surface area contributed by atoms with E-state index in [-0.39, 0.29) is 0 Å². The Balaban J connectivity index is 2.24. The molecular weight excluding hydrogens is 370 g/mol. The maximum atomic E-state index is 13.5. The lowest BCUT2D eigenvalue weighted by Gasteiger charge is -2.03. The monoisotopic (exact) mass is 374 g/mol. The zero-order valence-corrected chi connectivity index (χ0v) is 11.7. The van der Waals surface area contributed by atoms with E-state index in [1.165, 1.54) is 4.68 Å². The van der Waals surface area contributed by atoms with Gasteiger partial charge in [-0.15, -0.1) is 0 Å². The summed E-state index contributed by atoms with van der Waals surface area (Å²) in [7, 11) is 0. The van der Waals surface area contributed by atoms with Crippen LogP contribution in [-0.2, 0) is 0 Å². The summed E-state index contributed by atoms with van der Waals surface area (Å²) in [5.41, 5.74) is 0.739. The number of aromatic nitrogens is 4. The fraction of sp³-hybridized carbons (Fsp3) is 0. The predicted molar refractivity (Wildman–Crippen MR) is 74.3 cm³/mol. The summed E-state index contributed by atoms with van der Waals surface area (Å²) < 4.78 is 15.4. The van der Waals surface area contributed by atoms with E-state index in [1.54, 1.807) is 30.6 Å². The molecule has 3 aromatic rings. The molecule has 0 N–H and O–H groups in total. The first-order chi connectivity index (χ1) is 8.65. The van der Waals surface area contributed by atoms with Crippen LogP contribution >= 0.6 is 34.2 Å². The van der Waals surface area contributed by atoms with Gasteiger partial charge in [0.25, 0.3) is 0 Å². The van der Waals surface area contributed by atoms with E-state index >= 15 is 0 Å². The quantitative estimate of drug-likeness (QED) is 0.485. The molecule has 0 aromatic carbocycles. The van der Waals surface area contributed by atoms with Gasteiger partial charge in [0.05, 0.1) is 15.3 Å². The molecule has 0 saturated carbocycles. The largest absolute Gasteiger partial charge is 0.244 e. The summed E-state index contributed by atoms with van der Waals surface area (Å²) in [5, 5.41) is 5.34. The van der Waals surface area contributed by atoms with Crippen LogP contribution < -0.4 is 0 Å². The molecule has 0 aliphatic carbocycles. The van der Waals surface area contributed by atoms with E-state index < -0.39 is 5.95 Å². The van der Waals surface area contributed by atoms with Gasteiger partial charge >= 0.3 is 0 Å². The molecule has 0 radical (unpaired) electrons. The molecule has 18 heavy (non-hydrogen) atoms. The van der Waals surface area contributed by atoms with Gasteiger partial charge in [-0.05, 0) is 34.7 Å². The standard InChI is InChI=1S/C11H5ClFIN4/c12-9-3-8-6(4-15-9)5-16-18(8)10-2-1-7(14)11(13)17-10/h1-5H. The summed E-state index contributed by atoms with van der Waals surface area (Å²) in [6, 6.07) is 5.02. The van der Waals surface area contributed by atoms with Gasteiger partial charge in [0.2, 0.25) is 5.95 Å². The Morgan fingerprint density at radius 1 is 1.28 bits per heavy atom. The minimum Gasteiger partial charge on any atom is -0.244 e. The van der Waals surface area contributed by atoms with Gasteiger partial charge in [-0.2, -0.15) is 14.5 Å². The lowest BCUT2D eigenvalue weighted by atomic mass is 10.3. The van der Waals surface area contributed by atoms with Gasteiger partial charge in [0.1, 0.15) is 5.15 Å². The molecule has 0 aliphatic heterocycles. The molecule has 0 atom stereocenters. The first-order valence-electron chi connectivity index (χ1n) is 4.97. The van der Waals surface area contributed by atoms with E-state index in [2.05, 4.69) is 15.1 Å². The minimum absolute atomic E-state index is 0.357. The molecule has 3 heterocycles. The molecule has 0 bridgehead atoms. The van der Waals surface area contributed by atoms with Crippen molar-refractivity contribution in [3.8, 4) is 5.82 Å². The third kappa shape index (κ3) is 1.95.